The van der Waals surface area contributed by atoms with Gasteiger partial charge in [-0.15, -0.1) is 0 Å². The van der Waals surface area contributed by atoms with Crippen molar-refractivity contribution in [1.29, 1.82) is 0 Å². The molecule has 6 nitrogen and oxygen atoms in total. The Labute approximate surface area is 122 Å². The van der Waals surface area contributed by atoms with Crippen LogP contribution in [0.3, 0.4) is 0 Å². The Morgan fingerprint density at radius 3 is 2.60 bits per heavy atom. The molecule has 20 heavy (non-hydrogen) atoms. The lowest BCUT2D eigenvalue weighted by atomic mass is 10.2. The molecule has 0 spiro atoms. The van der Waals surface area contributed by atoms with Gasteiger partial charge in [0.2, 0.25) is 5.76 Å². The average Bonchev–Trinajstić information content (AvgIpc) is 2.85. The molecule has 0 aliphatic heterocycles. The zero-order chi connectivity index (χ0) is 14.7. The fourth-order valence-corrected chi connectivity index (χ4v) is 1.90. The van der Waals surface area contributed by atoms with Gasteiger partial charge in [-0.1, -0.05) is 15.9 Å². The van der Waals surface area contributed by atoms with Gasteiger partial charge < -0.3 is 19.9 Å². The van der Waals surface area contributed by atoms with Gasteiger partial charge >= 0.3 is 5.97 Å². The summed E-state index contributed by atoms with van der Waals surface area (Å²) in [6.45, 7) is 0.0294. The highest BCUT2D eigenvalue weighted by molar-refractivity contribution is 9.10. The Hall–Kier alpha value is -2.28. The van der Waals surface area contributed by atoms with Crippen molar-refractivity contribution in [2.24, 2.45) is 0 Å². The minimum atomic E-state index is -1.17. The second-order valence-corrected chi connectivity index (χ2v) is 4.83. The molecular formula is C13H10BrNO5. The number of carboxylic acid groups (broad SMARTS) is 1. The third kappa shape index (κ3) is 3.18. The van der Waals surface area contributed by atoms with Crippen molar-refractivity contribution in [3.8, 4) is 5.75 Å². The normalized spacial score (nSPS) is 10.2. The first kappa shape index (κ1) is 14.1. The van der Waals surface area contributed by atoms with E-state index in [2.05, 4.69) is 21.2 Å². The molecule has 0 aliphatic carbocycles. The molecule has 0 saturated carbocycles. The monoisotopic (exact) mass is 339 g/mol. The van der Waals surface area contributed by atoms with Gasteiger partial charge in [0.15, 0.2) is 0 Å². The zero-order valence-electron chi connectivity index (χ0n) is 10.1. The molecule has 0 unspecified atom stereocenters. The summed E-state index contributed by atoms with van der Waals surface area (Å²) in [5.41, 5.74) is 0.123. The Morgan fingerprint density at radius 2 is 2.00 bits per heavy atom. The molecule has 0 fully saturated rings. The van der Waals surface area contributed by atoms with Crippen LogP contribution >= 0.6 is 15.9 Å². The first-order chi connectivity index (χ1) is 9.47. The average molecular weight is 340 g/mol. The number of amides is 1. The second kappa shape index (κ2) is 5.79. The van der Waals surface area contributed by atoms with Gasteiger partial charge in [0.05, 0.1) is 12.1 Å². The Bertz CT molecular complexity index is 665. The quantitative estimate of drug-likeness (QED) is 0.794. The summed E-state index contributed by atoms with van der Waals surface area (Å²) in [6, 6.07) is 7.28. The number of carbonyl (C=O) groups is 2. The third-order valence-corrected chi connectivity index (χ3v) is 2.99. The van der Waals surface area contributed by atoms with Crippen molar-refractivity contribution >= 4 is 27.8 Å². The molecule has 2 aromatic rings. The molecule has 1 amide bonds. The Morgan fingerprint density at radius 1 is 1.25 bits per heavy atom. The minimum Gasteiger partial charge on any atom is -0.507 e. The van der Waals surface area contributed by atoms with Crippen LogP contribution in [0.25, 0.3) is 0 Å². The maximum Gasteiger partial charge on any atom is 0.371 e. The summed E-state index contributed by atoms with van der Waals surface area (Å²) >= 11 is 3.18. The van der Waals surface area contributed by atoms with Crippen LogP contribution in [-0.4, -0.2) is 22.1 Å². The van der Waals surface area contributed by atoms with Crippen LogP contribution in [0.4, 0.5) is 0 Å². The molecule has 1 aromatic heterocycles. The fourth-order valence-electron chi connectivity index (χ4n) is 1.55. The molecule has 2 rings (SSSR count). The van der Waals surface area contributed by atoms with Crippen molar-refractivity contribution in [3.05, 3.63) is 51.9 Å². The van der Waals surface area contributed by atoms with Crippen molar-refractivity contribution in [1.82, 2.24) is 5.32 Å². The van der Waals surface area contributed by atoms with Crippen LogP contribution in [0.5, 0.6) is 5.75 Å². The van der Waals surface area contributed by atoms with Gasteiger partial charge in [-0.25, -0.2) is 4.79 Å². The summed E-state index contributed by atoms with van der Waals surface area (Å²) in [7, 11) is 0. The van der Waals surface area contributed by atoms with E-state index < -0.39 is 11.9 Å². The van der Waals surface area contributed by atoms with Gasteiger partial charge in [-0.3, -0.25) is 4.79 Å². The fraction of sp³-hybridized carbons (Fsp3) is 0.0769. The lowest BCUT2D eigenvalue weighted by Crippen LogP contribution is -2.22. The number of benzene rings is 1. The molecule has 1 aromatic carbocycles. The van der Waals surface area contributed by atoms with E-state index in [1.165, 1.54) is 24.3 Å². The summed E-state index contributed by atoms with van der Waals surface area (Å²) in [5, 5.41) is 20.9. The van der Waals surface area contributed by atoms with Gasteiger partial charge in [-0.2, -0.15) is 0 Å². The van der Waals surface area contributed by atoms with Crippen molar-refractivity contribution in [2.75, 3.05) is 0 Å². The number of carbonyl (C=O) groups excluding carboxylic acids is 1. The number of halogens is 1. The first-order valence-electron chi connectivity index (χ1n) is 5.56. The first-order valence-corrected chi connectivity index (χ1v) is 6.35. The van der Waals surface area contributed by atoms with E-state index in [-0.39, 0.29) is 23.6 Å². The van der Waals surface area contributed by atoms with Gasteiger partial charge in [0.1, 0.15) is 11.5 Å². The van der Waals surface area contributed by atoms with E-state index in [1.807, 2.05) is 0 Å². The topological polar surface area (TPSA) is 99.8 Å². The molecular weight excluding hydrogens is 330 g/mol. The second-order valence-electron chi connectivity index (χ2n) is 3.92. The third-order valence-electron chi connectivity index (χ3n) is 2.50. The van der Waals surface area contributed by atoms with E-state index in [4.69, 9.17) is 9.52 Å². The SMILES string of the molecule is O=C(O)c1ccc(CNC(=O)c2ccc(Br)cc2O)o1. The van der Waals surface area contributed by atoms with Crippen LogP contribution in [0.2, 0.25) is 0 Å². The van der Waals surface area contributed by atoms with E-state index >= 15 is 0 Å². The summed E-state index contributed by atoms with van der Waals surface area (Å²) in [5.74, 6) is -1.69. The molecule has 3 N–H and O–H groups in total. The van der Waals surface area contributed by atoms with E-state index in [1.54, 1.807) is 6.07 Å². The van der Waals surface area contributed by atoms with Gasteiger partial charge in [-0.05, 0) is 30.3 Å². The Kier molecular flexibility index (Phi) is 4.09. The van der Waals surface area contributed by atoms with Crippen LogP contribution < -0.4 is 5.32 Å². The molecule has 0 aliphatic rings. The Balaban J connectivity index is 2.02. The molecule has 7 heteroatoms. The number of furan rings is 1. The van der Waals surface area contributed by atoms with Gasteiger partial charge in [0.25, 0.3) is 5.91 Å². The van der Waals surface area contributed by atoms with E-state index in [0.29, 0.717) is 10.2 Å². The highest BCUT2D eigenvalue weighted by Gasteiger charge is 2.13. The number of nitrogens with one attached hydrogen (secondary N) is 1. The summed E-state index contributed by atoms with van der Waals surface area (Å²) in [4.78, 5) is 22.5. The zero-order valence-corrected chi connectivity index (χ0v) is 11.7. The number of hydrogen-bond donors (Lipinski definition) is 3. The van der Waals surface area contributed by atoms with Gasteiger partial charge in [0, 0.05) is 4.47 Å². The molecule has 0 bridgehead atoms. The van der Waals surface area contributed by atoms with Crippen LogP contribution in [-0.2, 0) is 6.54 Å². The molecule has 0 atom stereocenters. The standard InChI is InChI=1S/C13H10BrNO5/c14-7-1-3-9(10(16)5-7)12(17)15-6-8-2-4-11(20-8)13(18)19/h1-5,16H,6H2,(H,15,17)(H,18,19). The molecule has 0 saturated heterocycles. The summed E-state index contributed by atoms with van der Waals surface area (Å²) in [6.07, 6.45) is 0. The number of carboxylic acids is 1. The number of hydrogen-bond acceptors (Lipinski definition) is 4. The van der Waals surface area contributed by atoms with E-state index in [0.717, 1.165) is 0 Å². The largest absolute Gasteiger partial charge is 0.507 e. The maximum atomic E-state index is 11.8. The highest BCUT2D eigenvalue weighted by Crippen LogP contribution is 2.22. The van der Waals surface area contributed by atoms with Crippen molar-refractivity contribution in [3.63, 3.8) is 0 Å². The number of aromatic carboxylic acids is 1. The number of aromatic hydroxyl groups is 1. The molecule has 0 radical (unpaired) electrons. The highest BCUT2D eigenvalue weighted by atomic mass is 79.9. The smallest absolute Gasteiger partial charge is 0.371 e. The van der Waals surface area contributed by atoms with Crippen molar-refractivity contribution < 1.29 is 24.2 Å². The molecule has 1 heterocycles. The van der Waals surface area contributed by atoms with Crippen molar-refractivity contribution in [2.45, 2.75) is 6.54 Å². The van der Waals surface area contributed by atoms with Crippen LogP contribution in [0, 0.1) is 0 Å². The number of phenolic OH excluding ortho intramolecular Hbond substituents is 1. The predicted octanol–water partition coefficient (Wildman–Crippen LogP) is 2.38. The number of phenols is 1. The summed E-state index contributed by atoms with van der Waals surface area (Å²) < 4.78 is 5.65. The lowest BCUT2D eigenvalue weighted by molar-refractivity contribution is 0.0660. The molecule has 104 valence electrons. The van der Waals surface area contributed by atoms with Crippen LogP contribution in [0.15, 0.2) is 39.2 Å². The number of rotatable bonds is 4. The van der Waals surface area contributed by atoms with E-state index in [9.17, 15) is 14.7 Å². The predicted molar refractivity (Wildman–Crippen MR) is 72.6 cm³/mol. The lowest BCUT2D eigenvalue weighted by Gasteiger charge is -2.05. The maximum absolute atomic E-state index is 11.8. The minimum absolute atomic E-state index is 0.0294. The van der Waals surface area contributed by atoms with Crippen LogP contribution in [0.1, 0.15) is 26.7 Å².